The van der Waals surface area contributed by atoms with E-state index in [1.165, 1.54) is 16.7 Å². The zero-order valence-corrected chi connectivity index (χ0v) is 15.3. The normalized spacial score (nSPS) is 11.6. The van der Waals surface area contributed by atoms with Gasteiger partial charge >= 0.3 is 0 Å². The average molecular weight is 327 g/mol. The van der Waals surface area contributed by atoms with Crippen LogP contribution in [0.4, 0.5) is 0 Å². The first kappa shape index (κ1) is 18.0. The van der Waals surface area contributed by atoms with Gasteiger partial charge in [0.1, 0.15) is 0 Å². The van der Waals surface area contributed by atoms with Crippen LogP contribution < -0.4 is 5.32 Å². The summed E-state index contributed by atoms with van der Waals surface area (Å²) in [5.41, 5.74) is 3.90. The third-order valence-electron chi connectivity index (χ3n) is 3.97. The second kappa shape index (κ2) is 9.11. The molecule has 1 N–H and O–H groups in total. The molecule has 0 spiro atoms. The van der Waals surface area contributed by atoms with Crippen molar-refractivity contribution in [3.63, 3.8) is 0 Å². The number of aromatic nitrogens is 2. The fourth-order valence-corrected chi connectivity index (χ4v) is 2.60. The minimum absolute atomic E-state index is 0.783. The Bertz CT molecular complexity index is 642. The van der Waals surface area contributed by atoms with Crippen LogP contribution in [0.25, 0.3) is 0 Å². The summed E-state index contributed by atoms with van der Waals surface area (Å²) < 4.78 is 1.83. The number of hydrogen-bond acceptors (Lipinski definition) is 2. The maximum atomic E-state index is 4.76. The molecule has 5 nitrogen and oxygen atoms in total. The monoisotopic (exact) mass is 327 g/mol. The van der Waals surface area contributed by atoms with Crippen LogP contribution in [0.5, 0.6) is 0 Å². The smallest absolute Gasteiger partial charge is 0.193 e. The molecule has 0 fully saturated rings. The fraction of sp³-hybridized carbons (Fsp3) is 0.474. The number of aliphatic imine (C=N–C) groups is 1. The molecule has 2 aromatic rings. The Morgan fingerprint density at radius 2 is 1.88 bits per heavy atom. The quantitative estimate of drug-likeness (QED) is 0.628. The van der Waals surface area contributed by atoms with Crippen molar-refractivity contribution in [3.05, 3.63) is 53.3 Å². The van der Waals surface area contributed by atoms with E-state index in [1.54, 1.807) is 0 Å². The Labute approximate surface area is 145 Å². The van der Waals surface area contributed by atoms with Crippen LogP contribution in [-0.4, -0.2) is 40.8 Å². The number of hydrogen-bond donors (Lipinski definition) is 1. The molecular weight excluding hydrogens is 298 g/mol. The predicted octanol–water partition coefficient (Wildman–Crippen LogP) is 2.62. The highest BCUT2D eigenvalue weighted by Crippen LogP contribution is 2.06. The van der Waals surface area contributed by atoms with E-state index in [1.807, 2.05) is 24.1 Å². The van der Waals surface area contributed by atoms with E-state index in [4.69, 9.17) is 4.99 Å². The first-order valence-electron chi connectivity index (χ1n) is 8.67. The molecular formula is C19H29N5. The Balaban J connectivity index is 1.93. The number of rotatable bonds is 7. The van der Waals surface area contributed by atoms with Gasteiger partial charge in [-0.25, -0.2) is 0 Å². The molecule has 0 saturated carbocycles. The van der Waals surface area contributed by atoms with Crippen LogP contribution in [0.2, 0.25) is 0 Å². The van der Waals surface area contributed by atoms with Crippen molar-refractivity contribution >= 4 is 5.96 Å². The molecule has 0 amide bonds. The molecule has 0 aliphatic rings. The molecule has 24 heavy (non-hydrogen) atoms. The minimum Gasteiger partial charge on any atom is -0.357 e. The lowest BCUT2D eigenvalue weighted by Crippen LogP contribution is -2.38. The standard InChI is InChI=1S/C19H29N5/c1-5-16-7-9-17(10-8-16)11-12-21-19(20-6-2)23(3)14-18-13-22-24(4)15-18/h7-10,13,15H,5-6,11-12,14H2,1-4H3,(H,20,21). The number of benzene rings is 1. The number of guanidine groups is 1. The highest BCUT2D eigenvalue weighted by atomic mass is 15.3. The molecule has 0 aliphatic carbocycles. The van der Waals surface area contributed by atoms with Crippen molar-refractivity contribution in [1.29, 1.82) is 0 Å². The van der Waals surface area contributed by atoms with Crippen molar-refractivity contribution in [2.75, 3.05) is 20.1 Å². The van der Waals surface area contributed by atoms with Gasteiger partial charge in [0, 0.05) is 45.5 Å². The predicted molar refractivity (Wildman–Crippen MR) is 100 cm³/mol. The Hall–Kier alpha value is -2.30. The molecule has 1 aromatic carbocycles. The molecule has 130 valence electrons. The summed E-state index contributed by atoms with van der Waals surface area (Å²) >= 11 is 0. The van der Waals surface area contributed by atoms with Crippen molar-refractivity contribution in [2.24, 2.45) is 12.0 Å². The Kier molecular flexibility index (Phi) is 6.85. The van der Waals surface area contributed by atoms with Gasteiger partial charge in [-0.15, -0.1) is 0 Å². The summed E-state index contributed by atoms with van der Waals surface area (Å²) in [6.07, 6.45) is 5.98. The summed E-state index contributed by atoms with van der Waals surface area (Å²) in [4.78, 5) is 6.90. The minimum atomic E-state index is 0.783. The van der Waals surface area contributed by atoms with Crippen molar-refractivity contribution < 1.29 is 0 Å². The molecule has 0 saturated heterocycles. The number of nitrogens with one attached hydrogen (secondary N) is 1. The molecule has 0 radical (unpaired) electrons. The van der Waals surface area contributed by atoms with Gasteiger partial charge in [-0.2, -0.15) is 5.10 Å². The van der Waals surface area contributed by atoms with Gasteiger partial charge in [0.2, 0.25) is 0 Å². The second-order valence-corrected chi connectivity index (χ2v) is 6.03. The summed E-state index contributed by atoms with van der Waals surface area (Å²) in [7, 11) is 4.00. The lowest BCUT2D eigenvalue weighted by atomic mass is 10.1. The third-order valence-corrected chi connectivity index (χ3v) is 3.97. The van der Waals surface area contributed by atoms with E-state index in [9.17, 15) is 0 Å². The number of nitrogens with zero attached hydrogens (tertiary/aromatic N) is 4. The average Bonchev–Trinajstić information content (AvgIpc) is 2.99. The van der Waals surface area contributed by atoms with E-state index >= 15 is 0 Å². The molecule has 2 rings (SSSR count). The van der Waals surface area contributed by atoms with Gasteiger partial charge in [0.05, 0.1) is 6.20 Å². The first-order valence-corrected chi connectivity index (χ1v) is 8.67. The Morgan fingerprint density at radius 1 is 1.17 bits per heavy atom. The first-order chi connectivity index (χ1) is 11.6. The van der Waals surface area contributed by atoms with Gasteiger partial charge in [-0.05, 0) is 30.9 Å². The highest BCUT2D eigenvalue weighted by molar-refractivity contribution is 5.79. The SMILES string of the molecule is CCNC(=NCCc1ccc(CC)cc1)N(C)Cc1cnn(C)c1. The molecule has 0 atom stereocenters. The molecule has 1 heterocycles. The van der Waals surface area contributed by atoms with Crippen molar-refractivity contribution in [3.8, 4) is 0 Å². The largest absolute Gasteiger partial charge is 0.357 e. The summed E-state index contributed by atoms with van der Waals surface area (Å²) in [5.74, 6) is 0.937. The van der Waals surface area contributed by atoms with Crippen LogP contribution in [0.15, 0.2) is 41.7 Å². The van der Waals surface area contributed by atoms with Crippen LogP contribution in [0, 0.1) is 0 Å². The topological polar surface area (TPSA) is 45.5 Å². The number of aryl methyl sites for hydroxylation is 2. The van der Waals surface area contributed by atoms with E-state index in [-0.39, 0.29) is 0 Å². The molecule has 0 bridgehead atoms. The van der Waals surface area contributed by atoms with Crippen molar-refractivity contribution in [2.45, 2.75) is 33.2 Å². The summed E-state index contributed by atoms with van der Waals surface area (Å²) in [5, 5.41) is 7.58. The zero-order valence-electron chi connectivity index (χ0n) is 15.3. The van der Waals surface area contributed by atoms with E-state index in [2.05, 4.69) is 60.5 Å². The zero-order chi connectivity index (χ0) is 17.4. The molecule has 1 aromatic heterocycles. The molecule has 5 heteroatoms. The van der Waals surface area contributed by atoms with E-state index in [0.717, 1.165) is 38.4 Å². The van der Waals surface area contributed by atoms with Crippen LogP contribution >= 0.6 is 0 Å². The van der Waals surface area contributed by atoms with Crippen LogP contribution in [-0.2, 0) is 26.4 Å². The van der Waals surface area contributed by atoms with Crippen LogP contribution in [0.1, 0.15) is 30.5 Å². The lowest BCUT2D eigenvalue weighted by Gasteiger charge is -2.21. The van der Waals surface area contributed by atoms with E-state index < -0.39 is 0 Å². The summed E-state index contributed by atoms with van der Waals surface area (Å²) in [6.45, 7) is 6.72. The van der Waals surface area contributed by atoms with Crippen molar-refractivity contribution in [1.82, 2.24) is 20.0 Å². The Morgan fingerprint density at radius 3 is 2.46 bits per heavy atom. The van der Waals surface area contributed by atoms with Gasteiger partial charge < -0.3 is 10.2 Å². The third kappa shape index (κ3) is 5.41. The fourth-order valence-electron chi connectivity index (χ4n) is 2.60. The maximum Gasteiger partial charge on any atom is 0.193 e. The molecule has 0 unspecified atom stereocenters. The summed E-state index contributed by atoms with van der Waals surface area (Å²) in [6, 6.07) is 8.83. The van der Waals surface area contributed by atoms with Gasteiger partial charge in [0.25, 0.3) is 0 Å². The van der Waals surface area contributed by atoms with Crippen LogP contribution in [0.3, 0.4) is 0 Å². The van der Waals surface area contributed by atoms with Gasteiger partial charge in [-0.1, -0.05) is 31.2 Å². The maximum absolute atomic E-state index is 4.76. The van der Waals surface area contributed by atoms with E-state index in [0.29, 0.717) is 0 Å². The highest BCUT2D eigenvalue weighted by Gasteiger charge is 2.07. The lowest BCUT2D eigenvalue weighted by molar-refractivity contribution is 0.477. The van der Waals surface area contributed by atoms with Gasteiger partial charge in [0.15, 0.2) is 5.96 Å². The van der Waals surface area contributed by atoms with Gasteiger partial charge in [-0.3, -0.25) is 9.67 Å². The second-order valence-electron chi connectivity index (χ2n) is 6.03. The molecule has 0 aliphatic heterocycles.